The number of benzene rings is 1. The number of hydrogen-bond acceptors (Lipinski definition) is 4. The van der Waals surface area contributed by atoms with Crippen molar-refractivity contribution in [2.45, 2.75) is 19.4 Å². The maximum atomic E-state index is 5.97. The van der Waals surface area contributed by atoms with Crippen molar-refractivity contribution in [3.63, 3.8) is 0 Å². The van der Waals surface area contributed by atoms with E-state index in [4.69, 9.17) is 5.73 Å². The molecule has 19 heavy (non-hydrogen) atoms. The summed E-state index contributed by atoms with van der Waals surface area (Å²) in [6, 6.07) is 7.96. The van der Waals surface area contributed by atoms with Crippen molar-refractivity contribution in [1.82, 2.24) is 20.0 Å². The van der Waals surface area contributed by atoms with Crippen LogP contribution in [0.3, 0.4) is 0 Å². The van der Waals surface area contributed by atoms with Gasteiger partial charge in [0, 0.05) is 17.8 Å². The smallest absolute Gasteiger partial charge is 0.0998 e. The van der Waals surface area contributed by atoms with Crippen LogP contribution in [0.1, 0.15) is 25.1 Å². The molecule has 0 saturated heterocycles. The lowest BCUT2D eigenvalue weighted by Crippen LogP contribution is -2.08. The van der Waals surface area contributed by atoms with Crippen LogP contribution in [0.4, 0.5) is 0 Å². The molecule has 2 heterocycles. The van der Waals surface area contributed by atoms with E-state index in [0.29, 0.717) is 0 Å². The average Bonchev–Trinajstić information content (AvgIpc) is 2.95. The molecule has 1 aromatic carbocycles. The van der Waals surface area contributed by atoms with Gasteiger partial charge in [0.2, 0.25) is 0 Å². The van der Waals surface area contributed by atoms with Gasteiger partial charge in [-0.3, -0.25) is 4.98 Å². The molecule has 1 unspecified atom stereocenters. The standard InChI is InChI=1S/C14H15N5/c1-2-12(15)13-9-19(18-17-13)14-5-3-4-10-6-7-16-8-11(10)14/h3-9,12H,2,15H2,1H3. The first-order valence-electron chi connectivity index (χ1n) is 6.30. The van der Waals surface area contributed by atoms with E-state index in [1.54, 1.807) is 10.9 Å². The number of nitrogens with zero attached hydrogens (tertiary/aromatic N) is 4. The molecule has 0 spiro atoms. The molecule has 0 aliphatic carbocycles. The molecule has 1 atom stereocenters. The van der Waals surface area contributed by atoms with Gasteiger partial charge < -0.3 is 5.73 Å². The average molecular weight is 253 g/mol. The van der Waals surface area contributed by atoms with Gasteiger partial charge >= 0.3 is 0 Å². The SMILES string of the molecule is CCC(N)c1cn(-c2cccc3ccncc23)nn1. The Hall–Kier alpha value is -2.27. The summed E-state index contributed by atoms with van der Waals surface area (Å²) < 4.78 is 1.76. The molecule has 0 radical (unpaired) electrons. The first-order chi connectivity index (χ1) is 9.29. The van der Waals surface area contributed by atoms with E-state index in [9.17, 15) is 0 Å². The highest BCUT2D eigenvalue weighted by Crippen LogP contribution is 2.21. The molecule has 0 saturated carbocycles. The molecule has 5 nitrogen and oxygen atoms in total. The van der Waals surface area contributed by atoms with Crippen LogP contribution in [0.25, 0.3) is 16.5 Å². The van der Waals surface area contributed by atoms with Crippen LogP contribution >= 0.6 is 0 Å². The van der Waals surface area contributed by atoms with Crippen LogP contribution in [-0.4, -0.2) is 20.0 Å². The lowest BCUT2D eigenvalue weighted by atomic mass is 10.1. The number of rotatable bonds is 3. The maximum Gasteiger partial charge on any atom is 0.0998 e. The normalized spacial score (nSPS) is 12.7. The van der Waals surface area contributed by atoms with Crippen LogP contribution in [-0.2, 0) is 0 Å². The van der Waals surface area contributed by atoms with Crippen LogP contribution < -0.4 is 5.73 Å². The Morgan fingerprint density at radius 3 is 3.05 bits per heavy atom. The Bertz CT molecular complexity index is 698. The summed E-state index contributed by atoms with van der Waals surface area (Å²) in [5.41, 5.74) is 7.74. The lowest BCUT2D eigenvalue weighted by molar-refractivity contribution is 0.670. The second kappa shape index (κ2) is 4.78. The van der Waals surface area contributed by atoms with Gasteiger partial charge in [0.15, 0.2) is 0 Å². The second-order valence-electron chi connectivity index (χ2n) is 4.48. The van der Waals surface area contributed by atoms with Crippen LogP contribution in [0, 0.1) is 0 Å². The summed E-state index contributed by atoms with van der Waals surface area (Å²) >= 11 is 0. The zero-order valence-electron chi connectivity index (χ0n) is 10.7. The maximum absolute atomic E-state index is 5.97. The summed E-state index contributed by atoms with van der Waals surface area (Å²) in [6.07, 6.45) is 6.35. The summed E-state index contributed by atoms with van der Waals surface area (Å²) in [5, 5.41) is 10.5. The quantitative estimate of drug-likeness (QED) is 0.777. The van der Waals surface area contributed by atoms with Crippen molar-refractivity contribution in [1.29, 1.82) is 0 Å². The van der Waals surface area contributed by atoms with E-state index in [1.807, 2.05) is 37.5 Å². The number of hydrogen-bond donors (Lipinski definition) is 1. The molecule has 0 aliphatic heterocycles. The molecule has 2 aromatic heterocycles. The molecule has 3 rings (SSSR count). The van der Waals surface area contributed by atoms with Crippen LogP contribution in [0.2, 0.25) is 0 Å². The zero-order valence-corrected chi connectivity index (χ0v) is 10.7. The van der Waals surface area contributed by atoms with Gasteiger partial charge in [0.05, 0.1) is 23.6 Å². The first-order valence-corrected chi connectivity index (χ1v) is 6.30. The van der Waals surface area contributed by atoms with Crippen LogP contribution in [0.15, 0.2) is 42.9 Å². The largest absolute Gasteiger partial charge is 0.323 e. The molecule has 96 valence electrons. The van der Waals surface area contributed by atoms with E-state index < -0.39 is 0 Å². The van der Waals surface area contributed by atoms with Crippen molar-refractivity contribution < 1.29 is 0 Å². The fourth-order valence-corrected chi connectivity index (χ4v) is 2.07. The van der Waals surface area contributed by atoms with Crippen molar-refractivity contribution in [2.24, 2.45) is 5.73 Å². The Labute approximate surface area is 111 Å². The lowest BCUT2D eigenvalue weighted by Gasteiger charge is -2.05. The van der Waals surface area contributed by atoms with Gasteiger partial charge in [-0.2, -0.15) is 0 Å². The summed E-state index contributed by atoms with van der Waals surface area (Å²) in [6.45, 7) is 2.03. The second-order valence-corrected chi connectivity index (χ2v) is 4.48. The Morgan fingerprint density at radius 1 is 1.32 bits per heavy atom. The highest BCUT2D eigenvalue weighted by atomic mass is 15.4. The van der Waals surface area contributed by atoms with E-state index in [0.717, 1.165) is 28.6 Å². The van der Waals surface area contributed by atoms with Crippen molar-refractivity contribution in [3.05, 3.63) is 48.5 Å². The first kappa shape index (κ1) is 11.8. The third-order valence-electron chi connectivity index (χ3n) is 3.24. The molecular formula is C14H15N5. The van der Waals surface area contributed by atoms with Gasteiger partial charge in [0.1, 0.15) is 0 Å². The van der Waals surface area contributed by atoms with Crippen molar-refractivity contribution in [2.75, 3.05) is 0 Å². The number of aromatic nitrogens is 4. The molecule has 0 bridgehead atoms. The number of nitrogens with two attached hydrogens (primary N) is 1. The highest BCUT2D eigenvalue weighted by molar-refractivity contribution is 5.89. The van der Waals surface area contributed by atoms with Crippen molar-refractivity contribution >= 4 is 10.8 Å². The molecule has 5 heteroatoms. The minimum absolute atomic E-state index is 0.0677. The monoisotopic (exact) mass is 253 g/mol. The molecule has 3 aromatic rings. The predicted molar refractivity (Wildman–Crippen MR) is 73.9 cm³/mol. The highest BCUT2D eigenvalue weighted by Gasteiger charge is 2.10. The molecule has 0 amide bonds. The van der Waals surface area contributed by atoms with Gasteiger partial charge in [-0.15, -0.1) is 5.10 Å². The van der Waals surface area contributed by atoms with Gasteiger partial charge in [-0.1, -0.05) is 24.3 Å². The number of fused-ring (bicyclic) bond motifs is 1. The van der Waals surface area contributed by atoms with Crippen LogP contribution in [0.5, 0.6) is 0 Å². The van der Waals surface area contributed by atoms with Gasteiger partial charge in [-0.05, 0) is 23.9 Å². The predicted octanol–water partition coefficient (Wildman–Crippen LogP) is 2.23. The van der Waals surface area contributed by atoms with E-state index >= 15 is 0 Å². The van der Waals surface area contributed by atoms with Crippen molar-refractivity contribution in [3.8, 4) is 5.69 Å². The van der Waals surface area contributed by atoms with E-state index in [1.165, 1.54) is 0 Å². The van der Waals surface area contributed by atoms with E-state index in [-0.39, 0.29) is 6.04 Å². The zero-order chi connectivity index (χ0) is 13.2. The Kier molecular flexibility index (Phi) is 2.97. The van der Waals surface area contributed by atoms with Gasteiger partial charge in [0.25, 0.3) is 0 Å². The minimum Gasteiger partial charge on any atom is -0.323 e. The fourth-order valence-electron chi connectivity index (χ4n) is 2.07. The third kappa shape index (κ3) is 2.08. The minimum atomic E-state index is -0.0677. The summed E-state index contributed by atoms with van der Waals surface area (Å²) in [5.74, 6) is 0. The van der Waals surface area contributed by atoms with E-state index in [2.05, 4.69) is 21.4 Å². The molecular weight excluding hydrogens is 238 g/mol. The molecule has 2 N–H and O–H groups in total. The third-order valence-corrected chi connectivity index (χ3v) is 3.24. The fraction of sp³-hybridized carbons (Fsp3) is 0.214. The summed E-state index contributed by atoms with van der Waals surface area (Å²) in [7, 11) is 0. The molecule has 0 fully saturated rings. The Balaban J connectivity index is 2.12. The molecule has 0 aliphatic rings. The Morgan fingerprint density at radius 2 is 2.21 bits per heavy atom. The number of pyridine rings is 1. The topological polar surface area (TPSA) is 69.6 Å². The summed E-state index contributed by atoms with van der Waals surface area (Å²) in [4.78, 5) is 4.17. The van der Waals surface area contributed by atoms with Gasteiger partial charge in [-0.25, -0.2) is 4.68 Å².